The molecule has 1 aromatic carbocycles. The summed E-state index contributed by atoms with van der Waals surface area (Å²) >= 11 is 0. The van der Waals surface area contributed by atoms with Crippen LogP contribution in [0, 0.1) is 5.92 Å². The van der Waals surface area contributed by atoms with E-state index in [1.54, 1.807) is 44.2 Å². The van der Waals surface area contributed by atoms with E-state index in [9.17, 15) is 78.0 Å². The Balaban J connectivity index is 1.41. The van der Waals surface area contributed by atoms with Gasteiger partial charge in [0.25, 0.3) is 0 Å². The first kappa shape index (κ1) is 59.6. The van der Waals surface area contributed by atoms with Gasteiger partial charge in [-0.25, -0.2) is 9.78 Å². The summed E-state index contributed by atoms with van der Waals surface area (Å²) in [6.45, 7) is 3.01. The number of aliphatic hydroxyl groups excluding tert-OH is 1. The second-order valence-electron chi connectivity index (χ2n) is 18.5. The first-order valence-electron chi connectivity index (χ1n) is 24.2. The van der Waals surface area contributed by atoms with E-state index in [0.29, 0.717) is 18.4 Å². The number of hydrogen-bond acceptors (Lipinski definition) is 15. The molecule has 410 valence electrons. The average molecular weight is 1060 g/mol. The summed E-state index contributed by atoms with van der Waals surface area (Å²) < 4.78 is 0. The SMILES string of the molecule is CC(C)[C@H](NC(=O)[C@H](Cc1c[nH]cn1)NC(=O)[C@H](CCC(=O)O)NC(=O)[C@H](CC(=O)O)NC(=O)[C@H](C)N)C(=O)N1CCC[C@H]1C(=O)NCC(=O)N[C@@H](CO)C(=O)N1CCC[C@H]1C(=O)N[C@@H](Cc1ccccc1)C(=O)O. The molecule has 2 aliphatic rings. The van der Waals surface area contributed by atoms with E-state index in [-0.39, 0.29) is 44.5 Å². The lowest BCUT2D eigenvalue weighted by atomic mass is 10.0. The van der Waals surface area contributed by atoms with E-state index in [2.05, 4.69) is 47.2 Å². The fourth-order valence-electron chi connectivity index (χ4n) is 8.38. The molecule has 0 spiro atoms. The van der Waals surface area contributed by atoms with Gasteiger partial charge in [0, 0.05) is 38.5 Å². The number of nitrogens with two attached hydrogens (primary N) is 1. The normalized spacial score (nSPS) is 17.9. The Morgan fingerprint density at radius 3 is 1.83 bits per heavy atom. The maximum Gasteiger partial charge on any atom is 0.326 e. The Kier molecular flexibility index (Phi) is 22.6. The van der Waals surface area contributed by atoms with Gasteiger partial charge < -0.3 is 78.2 Å². The number of imidazole rings is 1. The van der Waals surface area contributed by atoms with E-state index in [0.717, 1.165) is 4.90 Å². The Morgan fingerprint density at radius 1 is 0.680 bits per heavy atom. The molecule has 0 unspecified atom stereocenters. The van der Waals surface area contributed by atoms with Crippen LogP contribution < -0.4 is 43.0 Å². The summed E-state index contributed by atoms with van der Waals surface area (Å²) in [7, 11) is 0. The molecule has 75 heavy (non-hydrogen) atoms. The average Bonchev–Trinajstić information content (AvgIpc) is 4.18. The minimum atomic E-state index is -1.74. The number of aromatic nitrogens is 2. The molecule has 9 atom stereocenters. The highest BCUT2D eigenvalue weighted by atomic mass is 16.4. The van der Waals surface area contributed by atoms with Crippen LogP contribution in [-0.2, 0) is 70.4 Å². The van der Waals surface area contributed by atoms with Crippen LogP contribution >= 0.6 is 0 Å². The highest BCUT2D eigenvalue weighted by molar-refractivity contribution is 5.99. The molecule has 9 amide bonds. The van der Waals surface area contributed by atoms with Crippen LogP contribution in [0.3, 0.4) is 0 Å². The third kappa shape index (κ3) is 17.9. The lowest BCUT2D eigenvalue weighted by Gasteiger charge is -2.32. The van der Waals surface area contributed by atoms with Crippen molar-refractivity contribution in [3.8, 4) is 0 Å². The molecule has 0 radical (unpaired) electrons. The summed E-state index contributed by atoms with van der Waals surface area (Å²) in [5.41, 5.74) is 6.46. The van der Waals surface area contributed by atoms with Gasteiger partial charge in [-0.1, -0.05) is 44.2 Å². The zero-order valence-electron chi connectivity index (χ0n) is 41.6. The van der Waals surface area contributed by atoms with Gasteiger partial charge in [0.05, 0.1) is 37.6 Å². The van der Waals surface area contributed by atoms with Crippen molar-refractivity contribution in [1.82, 2.24) is 57.0 Å². The minimum Gasteiger partial charge on any atom is -0.481 e. The highest BCUT2D eigenvalue weighted by Crippen LogP contribution is 2.22. The number of hydrogen-bond donors (Lipinski definition) is 13. The van der Waals surface area contributed by atoms with Crippen molar-refractivity contribution in [2.75, 3.05) is 26.2 Å². The number of likely N-dealkylation sites (tertiary alicyclic amines) is 2. The zero-order valence-corrected chi connectivity index (χ0v) is 41.6. The van der Waals surface area contributed by atoms with Gasteiger partial charge >= 0.3 is 17.9 Å². The number of nitrogens with one attached hydrogen (secondary N) is 8. The van der Waals surface area contributed by atoms with E-state index in [4.69, 9.17) is 5.73 Å². The van der Waals surface area contributed by atoms with Crippen LogP contribution in [0.15, 0.2) is 42.9 Å². The molecule has 0 saturated carbocycles. The van der Waals surface area contributed by atoms with Crippen LogP contribution in [0.4, 0.5) is 0 Å². The predicted octanol–water partition coefficient (Wildman–Crippen LogP) is -4.38. The van der Waals surface area contributed by atoms with Gasteiger partial charge in [-0.05, 0) is 50.5 Å². The standard InChI is InChI=1S/C47H66N12O16/c1-24(2)38(57-42(69)29(18-27-20-49-23-51-27)55-40(67)28(13-14-36(62)63)53-41(68)30(19-37(64)65)54-39(66)25(3)48)46(73)59-16-7-11-33(59)43(70)50-21-35(61)52-32(22-60)45(72)58-15-8-12-34(58)44(71)56-31(47(74)75)17-26-9-5-4-6-10-26/h4-6,9-10,20,23-25,28-34,38,60H,7-8,11-19,21-22,48H2,1-3H3,(H,49,51)(H,50,70)(H,52,61)(H,53,68)(H,54,66)(H,55,67)(H,56,71)(H,57,69)(H,62,63)(H,64,65)(H,74,75)/t25-,28-,29-,30-,31-,32-,33-,34-,38-/m0/s1. The number of rotatable bonds is 28. The number of benzene rings is 1. The van der Waals surface area contributed by atoms with Crippen LogP contribution in [0.25, 0.3) is 0 Å². The van der Waals surface area contributed by atoms with Crippen molar-refractivity contribution in [2.45, 2.75) is 133 Å². The second-order valence-corrected chi connectivity index (χ2v) is 18.5. The summed E-state index contributed by atoms with van der Waals surface area (Å²) in [6.07, 6.45) is 1.25. The molecule has 28 heteroatoms. The molecule has 0 bridgehead atoms. The third-order valence-corrected chi connectivity index (χ3v) is 12.4. The summed E-state index contributed by atoms with van der Waals surface area (Å²) in [6, 6.07) is -3.94. The lowest BCUT2D eigenvalue weighted by Crippen LogP contribution is -2.61. The van der Waals surface area contributed by atoms with E-state index in [1.165, 1.54) is 24.3 Å². The van der Waals surface area contributed by atoms with Crippen LogP contribution in [0.5, 0.6) is 0 Å². The topological polar surface area (TPSA) is 431 Å². The number of amides is 9. The number of nitrogens with zero attached hydrogens (tertiary/aromatic N) is 3. The van der Waals surface area contributed by atoms with Crippen molar-refractivity contribution < 1.29 is 78.0 Å². The predicted molar refractivity (Wildman–Crippen MR) is 259 cm³/mol. The molecule has 4 rings (SSSR count). The molecule has 1 aromatic heterocycles. The molecule has 0 aliphatic carbocycles. The summed E-state index contributed by atoms with van der Waals surface area (Å²) in [5.74, 6) is -12.8. The number of aliphatic hydroxyl groups is 1. The molecule has 28 nitrogen and oxygen atoms in total. The van der Waals surface area contributed by atoms with Crippen molar-refractivity contribution in [3.63, 3.8) is 0 Å². The number of carbonyl (C=O) groups is 12. The van der Waals surface area contributed by atoms with E-state index >= 15 is 0 Å². The largest absolute Gasteiger partial charge is 0.481 e. The fraction of sp³-hybridized carbons (Fsp3) is 0.553. The quantitative estimate of drug-likeness (QED) is 0.0383. The Hall–Kier alpha value is -8.01. The molecule has 14 N–H and O–H groups in total. The molecule has 2 aliphatic heterocycles. The summed E-state index contributed by atoms with van der Waals surface area (Å²) in [4.78, 5) is 166. The maximum absolute atomic E-state index is 14.2. The highest BCUT2D eigenvalue weighted by Gasteiger charge is 2.42. The van der Waals surface area contributed by atoms with Crippen LogP contribution in [0.2, 0.25) is 0 Å². The van der Waals surface area contributed by atoms with Gasteiger partial charge in [-0.15, -0.1) is 0 Å². The van der Waals surface area contributed by atoms with Gasteiger partial charge in [0.1, 0.15) is 48.3 Å². The first-order chi connectivity index (χ1) is 35.5. The van der Waals surface area contributed by atoms with Crippen molar-refractivity contribution in [3.05, 3.63) is 54.1 Å². The number of carbonyl (C=O) groups excluding carboxylic acids is 9. The van der Waals surface area contributed by atoms with Gasteiger partial charge in [-0.3, -0.25) is 52.7 Å². The molecular formula is C47H66N12O16. The minimum absolute atomic E-state index is 0.0193. The monoisotopic (exact) mass is 1050 g/mol. The summed E-state index contributed by atoms with van der Waals surface area (Å²) in [5, 5.41) is 55.5. The number of carboxylic acid groups (broad SMARTS) is 3. The third-order valence-electron chi connectivity index (χ3n) is 12.4. The Bertz CT molecular complexity index is 2390. The van der Waals surface area contributed by atoms with Gasteiger partial charge in [-0.2, -0.15) is 0 Å². The zero-order chi connectivity index (χ0) is 55.5. The van der Waals surface area contributed by atoms with Gasteiger partial charge in [0.2, 0.25) is 53.2 Å². The number of aromatic amines is 1. The molecule has 2 saturated heterocycles. The van der Waals surface area contributed by atoms with Crippen LogP contribution in [0.1, 0.15) is 77.0 Å². The second kappa shape index (κ2) is 28.4. The fourth-order valence-corrected chi connectivity index (χ4v) is 8.38. The van der Waals surface area contributed by atoms with Crippen molar-refractivity contribution >= 4 is 71.1 Å². The van der Waals surface area contributed by atoms with E-state index in [1.807, 2.05) is 0 Å². The van der Waals surface area contributed by atoms with Crippen molar-refractivity contribution in [1.29, 1.82) is 0 Å². The molecule has 3 heterocycles. The molecule has 2 aromatic rings. The maximum atomic E-state index is 14.2. The van der Waals surface area contributed by atoms with E-state index < -0.39 is 164 Å². The van der Waals surface area contributed by atoms with Crippen molar-refractivity contribution in [2.24, 2.45) is 11.7 Å². The molecular weight excluding hydrogens is 989 g/mol. The lowest BCUT2D eigenvalue weighted by molar-refractivity contribution is -0.145. The Morgan fingerprint density at radius 2 is 1.27 bits per heavy atom. The van der Waals surface area contributed by atoms with Crippen LogP contribution in [-0.4, -0.2) is 192 Å². The Labute approximate surface area is 430 Å². The number of H-pyrrole nitrogens is 1. The smallest absolute Gasteiger partial charge is 0.326 e. The molecule has 2 fully saturated rings. The van der Waals surface area contributed by atoms with Gasteiger partial charge in [0.15, 0.2) is 0 Å². The number of carboxylic acids is 3. The number of aliphatic carboxylic acids is 3. The first-order valence-corrected chi connectivity index (χ1v) is 24.2.